The van der Waals surface area contributed by atoms with E-state index in [1.807, 2.05) is 30.3 Å². The van der Waals surface area contributed by atoms with Crippen LogP contribution in [0.15, 0.2) is 59.4 Å². The first-order valence-corrected chi connectivity index (χ1v) is 8.69. The van der Waals surface area contributed by atoms with Crippen molar-refractivity contribution in [2.75, 3.05) is 6.54 Å². The average molecular weight is 366 g/mol. The van der Waals surface area contributed by atoms with Gasteiger partial charge in [0, 0.05) is 36.0 Å². The molecule has 0 aliphatic carbocycles. The highest BCUT2D eigenvalue weighted by atomic mass is 19.1. The monoisotopic (exact) mass is 366 g/mol. The number of amides is 1. The van der Waals surface area contributed by atoms with Crippen LogP contribution < -0.4 is 10.9 Å². The van der Waals surface area contributed by atoms with Gasteiger partial charge >= 0.3 is 0 Å². The molecule has 0 saturated carbocycles. The van der Waals surface area contributed by atoms with E-state index in [0.717, 1.165) is 10.9 Å². The quantitative estimate of drug-likeness (QED) is 0.631. The number of aromatic amines is 1. The van der Waals surface area contributed by atoms with Gasteiger partial charge in [-0.3, -0.25) is 14.4 Å². The summed E-state index contributed by atoms with van der Waals surface area (Å²) in [6, 6.07) is 14.6. The molecule has 0 bridgehead atoms. The van der Waals surface area contributed by atoms with Gasteiger partial charge in [0.2, 0.25) is 5.91 Å². The molecule has 0 saturated heterocycles. The molecular formula is C21H19FN2O3. The van der Waals surface area contributed by atoms with Crippen LogP contribution in [-0.2, 0) is 11.2 Å². The second-order valence-electron chi connectivity index (χ2n) is 6.24. The van der Waals surface area contributed by atoms with Gasteiger partial charge in [-0.15, -0.1) is 0 Å². The molecule has 1 heterocycles. The number of para-hydroxylation sites is 1. The molecule has 2 aromatic carbocycles. The van der Waals surface area contributed by atoms with Crippen LogP contribution in [0.1, 0.15) is 28.8 Å². The minimum absolute atomic E-state index is 0.0459. The maximum Gasteiger partial charge on any atom is 0.251 e. The van der Waals surface area contributed by atoms with Crippen LogP contribution in [0.5, 0.6) is 0 Å². The fourth-order valence-corrected chi connectivity index (χ4v) is 2.81. The van der Waals surface area contributed by atoms with Gasteiger partial charge in [0.25, 0.3) is 5.56 Å². The normalized spacial score (nSPS) is 10.7. The van der Waals surface area contributed by atoms with Crippen molar-refractivity contribution in [2.24, 2.45) is 0 Å². The van der Waals surface area contributed by atoms with Crippen molar-refractivity contribution in [3.63, 3.8) is 0 Å². The van der Waals surface area contributed by atoms with Crippen LogP contribution >= 0.6 is 0 Å². The number of carbonyl (C=O) groups excluding carboxylic acids is 2. The van der Waals surface area contributed by atoms with E-state index >= 15 is 0 Å². The van der Waals surface area contributed by atoms with Crippen LogP contribution in [0, 0.1) is 5.82 Å². The smallest absolute Gasteiger partial charge is 0.251 e. The number of rotatable bonds is 7. The van der Waals surface area contributed by atoms with Crippen molar-refractivity contribution in [1.29, 1.82) is 0 Å². The lowest BCUT2D eigenvalue weighted by Crippen LogP contribution is -2.27. The van der Waals surface area contributed by atoms with Gasteiger partial charge in [0.05, 0.1) is 0 Å². The summed E-state index contributed by atoms with van der Waals surface area (Å²) in [6.07, 6.45) is 0.496. The summed E-state index contributed by atoms with van der Waals surface area (Å²) in [6.45, 7) is 0.311. The molecule has 0 spiro atoms. The third-order valence-corrected chi connectivity index (χ3v) is 4.29. The van der Waals surface area contributed by atoms with Crippen molar-refractivity contribution in [2.45, 2.75) is 19.3 Å². The predicted octanol–water partition coefficient (Wildman–Crippen LogP) is 2.99. The Hall–Kier alpha value is -3.28. The van der Waals surface area contributed by atoms with E-state index < -0.39 is 5.82 Å². The summed E-state index contributed by atoms with van der Waals surface area (Å²) in [5.41, 5.74) is 1.58. The molecule has 27 heavy (non-hydrogen) atoms. The molecule has 0 atom stereocenters. The third-order valence-electron chi connectivity index (χ3n) is 4.29. The largest absolute Gasteiger partial charge is 0.356 e. The van der Waals surface area contributed by atoms with Crippen LogP contribution in [0.25, 0.3) is 10.9 Å². The number of aromatic nitrogens is 1. The van der Waals surface area contributed by atoms with Crippen LogP contribution in [-0.4, -0.2) is 23.2 Å². The SMILES string of the molecule is O=C(CCC(=O)c1ccc(F)cc1)NCCc1cc2ccccc2[nH]c1=O. The molecule has 0 fully saturated rings. The number of halogens is 1. The second kappa shape index (κ2) is 8.40. The van der Waals surface area contributed by atoms with Crippen LogP contribution in [0.2, 0.25) is 0 Å². The first-order chi connectivity index (χ1) is 13.0. The van der Waals surface area contributed by atoms with Crippen molar-refractivity contribution >= 4 is 22.6 Å². The summed E-state index contributed by atoms with van der Waals surface area (Å²) in [7, 11) is 0. The maximum atomic E-state index is 12.9. The van der Waals surface area contributed by atoms with Gasteiger partial charge in [0.1, 0.15) is 5.82 Å². The Morgan fingerprint density at radius 2 is 1.74 bits per heavy atom. The molecular weight excluding hydrogens is 347 g/mol. The maximum absolute atomic E-state index is 12.9. The first kappa shape index (κ1) is 18.5. The fourth-order valence-electron chi connectivity index (χ4n) is 2.81. The highest BCUT2D eigenvalue weighted by Gasteiger charge is 2.10. The molecule has 1 aromatic heterocycles. The van der Waals surface area contributed by atoms with Gasteiger partial charge in [0.15, 0.2) is 5.78 Å². The minimum atomic E-state index is -0.409. The number of fused-ring (bicyclic) bond motifs is 1. The summed E-state index contributed by atoms with van der Waals surface area (Å²) in [4.78, 5) is 38.8. The molecule has 3 aromatic rings. The molecule has 5 nitrogen and oxygen atoms in total. The molecule has 1 amide bonds. The molecule has 0 aliphatic heterocycles. The molecule has 6 heteroatoms. The summed E-state index contributed by atoms with van der Waals surface area (Å²) in [5, 5.41) is 3.65. The zero-order valence-electron chi connectivity index (χ0n) is 14.6. The molecule has 2 N–H and O–H groups in total. The molecule has 0 aliphatic rings. The number of Topliss-reactive ketones (excluding diaryl/α,β-unsaturated/α-hetero) is 1. The Morgan fingerprint density at radius 1 is 1.00 bits per heavy atom. The van der Waals surface area contributed by atoms with Gasteiger partial charge in [-0.2, -0.15) is 0 Å². The zero-order chi connectivity index (χ0) is 19.2. The number of benzene rings is 2. The summed E-state index contributed by atoms with van der Waals surface area (Å²) in [5.74, 6) is -0.883. The Morgan fingerprint density at radius 3 is 2.52 bits per heavy atom. The van der Waals surface area contributed by atoms with Crippen LogP contribution in [0.3, 0.4) is 0 Å². The van der Waals surface area contributed by atoms with Gasteiger partial charge in [-0.25, -0.2) is 4.39 Å². The number of hydrogen-bond donors (Lipinski definition) is 2. The summed E-state index contributed by atoms with van der Waals surface area (Å²) < 4.78 is 12.9. The van der Waals surface area contributed by atoms with Gasteiger partial charge in [-0.1, -0.05) is 18.2 Å². The molecule has 3 rings (SSSR count). The van der Waals surface area contributed by atoms with Crippen molar-refractivity contribution < 1.29 is 14.0 Å². The lowest BCUT2D eigenvalue weighted by Gasteiger charge is -2.06. The van der Waals surface area contributed by atoms with E-state index in [1.165, 1.54) is 24.3 Å². The average Bonchev–Trinajstić information content (AvgIpc) is 2.67. The number of ketones is 1. The molecule has 138 valence electrons. The van der Waals surface area contributed by atoms with E-state index in [2.05, 4.69) is 10.3 Å². The fraction of sp³-hybridized carbons (Fsp3) is 0.190. The standard InChI is InChI=1S/C21H19FN2O3/c22-17-7-5-14(6-8-17)19(25)9-10-20(26)23-12-11-16-13-15-3-1-2-4-18(15)24-21(16)27/h1-8,13H,9-12H2,(H,23,26)(H,24,27). The zero-order valence-corrected chi connectivity index (χ0v) is 14.6. The number of nitrogens with one attached hydrogen (secondary N) is 2. The van der Waals surface area contributed by atoms with E-state index in [-0.39, 0.29) is 30.1 Å². The number of H-pyrrole nitrogens is 1. The highest BCUT2D eigenvalue weighted by Crippen LogP contribution is 2.10. The second-order valence-corrected chi connectivity index (χ2v) is 6.24. The Balaban J connectivity index is 1.48. The Labute approximate surface area is 155 Å². The highest BCUT2D eigenvalue weighted by molar-refractivity contribution is 5.97. The van der Waals surface area contributed by atoms with Gasteiger partial charge in [-0.05, 0) is 48.2 Å². The Bertz CT molecular complexity index is 1030. The van der Waals surface area contributed by atoms with E-state index in [4.69, 9.17) is 0 Å². The van der Waals surface area contributed by atoms with E-state index in [9.17, 15) is 18.8 Å². The van der Waals surface area contributed by atoms with Gasteiger partial charge < -0.3 is 10.3 Å². The van der Waals surface area contributed by atoms with E-state index in [1.54, 1.807) is 0 Å². The predicted molar refractivity (Wildman–Crippen MR) is 101 cm³/mol. The number of hydrogen-bond acceptors (Lipinski definition) is 3. The Kier molecular flexibility index (Phi) is 5.76. The third kappa shape index (κ3) is 4.88. The first-order valence-electron chi connectivity index (χ1n) is 8.69. The lowest BCUT2D eigenvalue weighted by molar-refractivity contribution is -0.121. The topological polar surface area (TPSA) is 79.0 Å². The minimum Gasteiger partial charge on any atom is -0.356 e. The van der Waals surface area contributed by atoms with Crippen molar-refractivity contribution in [1.82, 2.24) is 10.3 Å². The van der Waals surface area contributed by atoms with Crippen molar-refractivity contribution in [3.05, 3.63) is 81.9 Å². The number of pyridine rings is 1. The van der Waals surface area contributed by atoms with Crippen LogP contribution in [0.4, 0.5) is 4.39 Å². The molecule has 0 unspecified atom stereocenters. The lowest BCUT2D eigenvalue weighted by atomic mass is 10.1. The summed E-state index contributed by atoms with van der Waals surface area (Å²) >= 11 is 0. The van der Waals surface area contributed by atoms with Crippen molar-refractivity contribution in [3.8, 4) is 0 Å². The van der Waals surface area contributed by atoms with E-state index in [0.29, 0.717) is 24.1 Å². The number of carbonyl (C=O) groups is 2. The molecule has 0 radical (unpaired) electrons.